The van der Waals surface area contributed by atoms with Gasteiger partial charge in [0.15, 0.2) is 0 Å². The van der Waals surface area contributed by atoms with Crippen LogP contribution in [0.25, 0.3) is 111 Å². The van der Waals surface area contributed by atoms with Crippen molar-refractivity contribution in [3.63, 3.8) is 0 Å². The van der Waals surface area contributed by atoms with Crippen LogP contribution in [0.3, 0.4) is 0 Å². The monoisotopic (exact) mass is 1160 g/mol. The van der Waals surface area contributed by atoms with Crippen molar-refractivity contribution in [1.82, 2.24) is 46.4 Å². The van der Waals surface area contributed by atoms with E-state index in [1.54, 1.807) is 0 Å². The minimum absolute atomic E-state index is 0. The molecule has 13 aromatic rings. The second-order valence-corrected chi connectivity index (χ2v) is 23.8. The second-order valence-electron chi connectivity index (χ2n) is 20.2. The molecule has 19 heteroatoms. The topological polar surface area (TPSA) is 210 Å². The van der Waals surface area contributed by atoms with Crippen molar-refractivity contribution < 1.29 is 25.6 Å². The quantitative estimate of drug-likeness (QED) is 0.143. The van der Waals surface area contributed by atoms with Crippen molar-refractivity contribution in [2.45, 2.75) is 0 Å². The van der Waals surface area contributed by atoms with Crippen molar-refractivity contribution in [3.8, 4) is 45.6 Å². The molecule has 0 aliphatic carbocycles. The van der Waals surface area contributed by atoms with E-state index in [0.29, 0.717) is 91.8 Å². The number of aromatic nitrogens is 10. The van der Waals surface area contributed by atoms with Gasteiger partial charge in [0.05, 0.1) is 23.3 Å². The Balaban J connectivity index is 0.000000130. The molecule has 83 heavy (non-hydrogen) atoms. The molecule has 6 aliphatic rings. The van der Waals surface area contributed by atoms with Crippen LogP contribution < -0.4 is 20.9 Å². The number of rotatable bonds is 0. The predicted molar refractivity (Wildman–Crippen MR) is 317 cm³/mol. The first-order chi connectivity index (χ1) is 40.5. The average Bonchev–Trinajstić information content (AvgIpc) is 2.32. The number of aliphatic imine (C=N–C) groups is 4. The summed E-state index contributed by atoms with van der Waals surface area (Å²) >= 11 is -3.85. The summed E-state index contributed by atoms with van der Waals surface area (Å²) in [5.41, 5.74) is 10.6. The molecule has 19 rings (SSSR count). The van der Waals surface area contributed by atoms with Crippen molar-refractivity contribution in [3.05, 3.63) is 227 Å². The standard InChI is InChI=1S/2C32H16N8.Ga.H2O.Ti/c2*1-2-10-18-17(9-1)25-33-26(18)38-28-21-13-5-6-14-22(21)30(35-28)40-32-24-16-8-7-15-23(24)31(36-32)39-29-20-12-4-3-11-19(20)27(34-29)37-25;;;/h2*1-16H;;1H2;/q2*-2;+3;;+2/p-1. The molecule has 11 heterocycles. The third-order valence-electron chi connectivity index (χ3n) is 15.6. The number of hydrogen-bond acceptors (Lipinski definition) is 13. The molecule has 1 N–H and O–H groups in total. The number of nitrogens with zero attached hydrogens (tertiary/aromatic N) is 16. The van der Waals surface area contributed by atoms with E-state index >= 15 is 0 Å². The summed E-state index contributed by atoms with van der Waals surface area (Å²) in [4.78, 5) is 69.8. The molecular formula is C64H33GaN16OTi. The van der Waals surface area contributed by atoms with Gasteiger partial charge in [-0.15, -0.1) is 0 Å². The maximum Gasteiger partial charge on any atom is 2.00 e. The largest absolute Gasteiger partial charge is 2.00 e. The Bertz CT molecular complexity index is 5050. The van der Waals surface area contributed by atoms with Gasteiger partial charge in [0.25, 0.3) is 0 Å². The number of fused-ring (bicyclic) bond motifs is 34. The summed E-state index contributed by atoms with van der Waals surface area (Å²) in [6, 6.07) is 63.9. The van der Waals surface area contributed by atoms with Gasteiger partial charge in [-0.2, -0.15) is 0 Å². The Kier molecular flexibility index (Phi) is 10.4. The van der Waals surface area contributed by atoms with E-state index in [4.69, 9.17) is 69.8 Å². The summed E-state index contributed by atoms with van der Waals surface area (Å²) in [7, 11) is 0. The van der Waals surface area contributed by atoms with Crippen molar-refractivity contribution in [1.29, 1.82) is 0 Å². The zero-order valence-corrected chi connectivity index (χ0v) is 47.1. The van der Waals surface area contributed by atoms with E-state index in [0.717, 1.165) is 87.6 Å². The van der Waals surface area contributed by atoms with Crippen molar-refractivity contribution in [2.75, 3.05) is 0 Å². The predicted octanol–water partition coefficient (Wildman–Crippen LogP) is 10.0. The van der Waals surface area contributed by atoms with E-state index in [1.807, 2.05) is 201 Å². The van der Waals surface area contributed by atoms with Crippen molar-refractivity contribution >= 4 is 118 Å². The van der Waals surface area contributed by atoms with Crippen LogP contribution >= 0.6 is 0 Å². The Labute approximate surface area is 489 Å². The van der Waals surface area contributed by atoms with Gasteiger partial charge in [0.1, 0.15) is 0 Å². The fraction of sp³-hybridized carbons (Fsp3) is 0. The molecule has 0 fully saturated rings. The van der Waals surface area contributed by atoms with E-state index in [-0.39, 0.29) is 21.7 Å². The van der Waals surface area contributed by atoms with Crippen LogP contribution in [-0.2, 0) is 21.7 Å². The van der Waals surface area contributed by atoms with Crippen LogP contribution in [0.2, 0.25) is 0 Å². The average molecular weight is 1160 g/mol. The van der Waals surface area contributed by atoms with Crippen LogP contribution in [0, 0.1) is 0 Å². The normalized spacial score (nSPS) is 13.7. The van der Waals surface area contributed by atoms with Gasteiger partial charge in [0, 0.05) is 44.8 Å². The first-order valence-corrected chi connectivity index (χ1v) is 29.8. The molecule has 0 spiro atoms. The third-order valence-corrected chi connectivity index (χ3v) is 19.6. The zero-order valence-electron chi connectivity index (χ0n) is 43.2. The van der Waals surface area contributed by atoms with Gasteiger partial charge in [0.2, 0.25) is 0 Å². The van der Waals surface area contributed by atoms with Crippen LogP contribution in [0.1, 0.15) is 22.3 Å². The number of hydrogen-bond donors (Lipinski definition) is 1. The Morgan fingerprint density at radius 1 is 0.277 bits per heavy atom. The number of amidine groups is 4. The summed E-state index contributed by atoms with van der Waals surface area (Å²) in [5.74, 6) is 5.72. The zero-order chi connectivity index (χ0) is 53.7. The molecule has 382 valence electrons. The van der Waals surface area contributed by atoms with Crippen molar-refractivity contribution in [2.24, 2.45) is 30.0 Å². The summed E-state index contributed by atoms with van der Waals surface area (Å²) in [6.07, 6.45) is 0. The molecule has 0 unspecified atom stereocenters. The minimum atomic E-state index is -3.85. The van der Waals surface area contributed by atoms with E-state index in [1.165, 1.54) is 0 Å². The van der Waals surface area contributed by atoms with Crippen LogP contribution in [-0.4, -0.2) is 80.8 Å². The molecule has 0 atom stereocenters. The summed E-state index contributed by atoms with van der Waals surface area (Å²) < 4.78 is 16.6. The van der Waals surface area contributed by atoms with Gasteiger partial charge < -0.3 is 29.9 Å². The first-order valence-electron chi connectivity index (χ1n) is 26.5. The first kappa shape index (κ1) is 47.6. The fourth-order valence-electron chi connectivity index (χ4n) is 11.9. The minimum Gasteiger partial charge on any atom is -0.357 e. The van der Waals surface area contributed by atoms with Gasteiger partial charge >= 0.3 is 266 Å². The fourth-order valence-corrected chi connectivity index (χ4v) is 15.8. The Morgan fingerprint density at radius 3 is 0.867 bits per heavy atom. The Morgan fingerprint density at radius 2 is 0.542 bits per heavy atom. The molecule has 6 aliphatic heterocycles. The summed E-state index contributed by atoms with van der Waals surface area (Å²) in [5, 5.41) is 7.13. The van der Waals surface area contributed by atoms with Crippen LogP contribution in [0.15, 0.2) is 224 Å². The summed E-state index contributed by atoms with van der Waals surface area (Å²) in [6.45, 7) is 0. The molecule has 5 aromatic heterocycles. The molecular weight excluding hydrogens is 1130 g/mol. The van der Waals surface area contributed by atoms with Gasteiger partial charge in [-0.05, 0) is 21.5 Å². The second kappa shape index (κ2) is 18.1. The van der Waals surface area contributed by atoms with Crippen LogP contribution in [0.5, 0.6) is 0 Å². The SMILES string of the molecule is [OH][Ga]1[n]2c3c4ccccc4c2N=C2N=C(N=c4c5ccccc5c([n]41)=NC1=NC(=N3)c3ccccc31)c1ccccc12.[Ti+2].c1ccc2c(c1)-c1nc-2nc2[n-]c(nc3nc(nc4[n-]c(n1)c1ccccc41)-c1ccccc1-3)c1ccccc21. The van der Waals surface area contributed by atoms with Gasteiger partial charge in [-0.25, -0.2) is 9.97 Å². The molecule has 0 saturated heterocycles. The molecule has 0 saturated carbocycles. The number of benzene rings is 8. The molecule has 0 radical (unpaired) electrons. The maximum atomic E-state index is 12.7. The molecule has 14 bridgehead atoms. The molecule has 0 amide bonds. The Hall–Kier alpha value is -10.2. The van der Waals surface area contributed by atoms with E-state index in [9.17, 15) is 3.90 Å². The van der Waals surface area contributed by atoms with Gasteiger partial charge in [-0.3, -0.25) is 0 Å². The smallest absolute Gasteiger partial charge is 0.357 e. The van der Waals surface area contributed by atoms with Crippen LogP contribution in [0.4, 0.5) is 11.6 Å². The van der Waals surface area contributed by atoms with E-state index in [2.05, 4.69) is 0 Å². The third kappa shape index (κ3) is 7.11. The van der Waals surface area contributed by atoms with E-state index < -0.39 is 17.1 Å². The molecule has 8 aromatic carbocycles. The maximum absolute atomic E-state index is 12.7. The van der Waals surface area contributed by atoms with Gasteiger partial charge in [-0.1, -0.05) is 97.1 Å². The molecule has 17 nitrogen and oxygen atoms in total.